The highest BCUT2D eigenvalue weighted by atomic mass is 32.1. The van der Waals surface area contributed by atoms with Crippen molar-refractivity contribution < 1.29 is 14.3 Å². The summed E-state index contributed by atoms with van der Waals surface area (Å²) in [5, 5.41) is 13.2. The first-order chi connectivity index (χ1) is 15.5. The Morgan fingerprint density at radius 2 is 1.94 bits per heavy atom. The first kappa shape index (κ1) is 21.8. The van der Waals surface area contributed by atoms with Crippen molar-refractivity contribution in [2.75, 3.05) is 11.9 Å². The first-order valence-corrected chi connectivity index (χ1v) is 11.4. The second-order valence-corrected chi connectivity index (χ2v) is 8.28. The summed E-state index contributed by atoms with van der Waals surface area (Å²) in [5.74, 6) is -0.941. The van der Waals surface area contributed by atoms with Crippen molar-refractivity contribution in [2.24, 2.45) is 0 Å². The molecule has 0 spiro atoms. The molecule has 0 saturated carbocycles. The number of hydrogen-bond acceptors (Lipinski definition) is 9. The molecule has 3 aromatic heterocycles. The van der Waals surface area contributed by atoms with Crippen LogP contribution in [-0.4, -0.2) is 42.2 Å². The Kier molecular flexibility index (Phi) is 6.37. The maximum Gasteiger partial charge on any atom is 0.341 e. The summed E-state index contributed by atoms with van der Waals surface area (Å²) in [5.41, 5.74) is 4.26. The van der Waals surface area contributed by atoms with Crippen molar-refractivity contribution >= 4 is 39.9 Å². The number of nitrogens with zero attached hydrogens (tertiary/aromatic N) is 5. The molecule has 0 fully saturated rings. The predicted molar refractivity (Wildman–Crippen MR) is 122 cm³/mol. The van der Waals surface area contributed by atoms with E-state index in [2.05, 4.69) is 24.4 Å². The van der Waals surface area contributed by atoms with E-state index in [0.717, 1.165) is 28.7 Å². The number of carbonyl (C=O) groups is 2. The molecule has 0 unspecified atom stereocenters. The van der Waals surface area contributed by atoms with Crippen LogP contribution in [0.2, 0.25) is 0 Å². The van der Waals surface area contributed by atoms with E-state index in [1.165, 1.54) is 11.3 Å². The Morgan fingerprint density at radius 3 is 2.62 bits per heavy atom. The molecule has 32 heavy (non-hydrogen) atoms. The van der Waals surface area contributed by atoms with E-state index in [1.807, 2.05) is 42.6 Å². The standard InChI is InChI=1S/C21H20N6O3S2/c1-4-30-21(29)17-15(14-8-6-5-7-9-14)11-31-20(17)22-19(28)18-13(3)27(26-23-18)10-16-12(2)24-32-25-16/h5-9,11H,4,10H2,1-3H3,(H,22,28). The van der Waals surface area contributed by atoms with Gasteiger partial charge in [0, 0.05) is 10.9 Å². The molecule has 1 N–H and O–H groups in total. The number of carbonyl (C=O) groups excluding carboxylic acids is 2. The summed E-state index contributed by atoms with van der Waals surface area (Å²) >= 11 is 2.39. The second kappa shape index (κ2) is 9.37. The molecule has 11 heteroatoms. The Hall–Kier alpha value is -3.44. The summed E-state index contributed by atoms with van der Waals surface area (Å²) in [7, 11) is 0. The number of ether oxygens (including phenoxy) is 1. The van der Waals surface area contributed by atoms with Crippen LogP contribution >= 0.6 is 23.1 Å². The minimum Gasteiger partial charge on any atom is -0.462 e. The van der Waals surface area contributed by atoms with Crippen molar-refractivity contribution in [2.45, 2.75) is 27.3 Å². The fourth-order valence-electron chi connectivity index (χ4n) is 3.10. The fraction of sp³-hybridized carbons (Fsp3) is 0.238. The van der Waals surface area contributed by atoms with Crippen molar-refractivity contribution in [3.63, 3.8) is 0 Å². The van der Waals surface area contributed by atoms with Gasteiger partial charge in [0.25, 0.3) is 5.91 Å². The van der Waals surface area contributed by atoms with Gasteiger partial charge in [-0.25, -0.2) is 9.48 Å². The molecule has 0 saturated heterocycles. The lowest BCUT2D eigenvalue weighted by molar-refractivity contribution is 0.0529. The molecule has 0 aliphatic heterocycles. The predicted octanol–water partition coefficient (Wildman–Crippen LogP) is 3.95. The monoisotopic (exact) mass is 468 g/mol. The first-order valence-electron chi connectivity index (χ1n) is 9.83. The molecule has 0 aliphatic carbocycles. The topological polar surface area (TPSA) is 112 Å². The number of esters is 1. The number of rotatable bonds is 7. The second-order valence-electron chi connectivity index (χ2n) is 6.87. The zero-order valence-electron chi connectivity index (χ0n) is 17.7. The zero-order valence-corrected chi connectivity index (χ0v) is 19.3. The maximum absolute atomic E-state index is 13.0. The van der Waals surface area contributed by atoms with Crippen LogP contribution in [0.1, 0.15) is 44.9 Å². The smallest absolute Gasteiger partial charge is 0.341 e. The highest BCUT2D eigenvalue weighted by molar-refractivity contribution is 7.15. The van der Waals surface area contributed by atoms with Crippen LogP contribution in [0.15, 0.2) is 35.7 Å². The molecule has 0 radical (unpaired) electrons. The molecule has 3 heterocycles. The van der Waals surface area contributed by atoms with E-state index in [9.17, 15) is 9.59 Å². The summed E-state index contributed by atoms with van der Waals surface area (Å²) in [4.78, 5) is 25.7. The molecule has 0 atom stereocenters. The van der Waals surface area contributed by atoms with Crippen LogP contribution in [0.5, 0.6) is 0 Å². The Bertz CT molecular complexity index is 1260. The number of hydrogen-bond donors (Lipinski definition) is 1. The summed E-state index contributed by atoms with van der Waals surface area (Å²) < 4.78 is 15.3. The van der Waals surface area contributed by atoms with Crippen LogP contribution in [0.4, 0.5) is 5.00 Å². The summed E-state index contributed by atoms with van der Waals surface area (Å²) in [6.45, 7) is 5.98. The van der Waals surface area contributed by atoms with Crippen LogP contribution in [0.3, 0.4) is 0 Å². The van der Waals surface area contributed by atoms with Crippen LogP contribution in [0.25, 0.3) is 11.1 Å². The zero-order chi connectivity index (χ0) is 22.7. The van der Waals surface area contributed by atoms with E-state index in [4.69, 9.17) is 4.74 Å². The number of anilines is 1. The number of aromatic nitrogens is 5. The van der Waals surface area contributed by atoms with Crippen molar-refractivity contribution in [1.29, 1.82) is 0 Å². The number of benzene rings is 1. The van der Waals surface area contributed by atoms with Crippen molar-refractivity contribution in [3.8, 4) is 11.1 Å². The van der Waals surface area contributed by atoms with Gasteiger partial charge in [0.1, 0.15) is 10.6 Å². The molecule has 4 aromatic rings. The molecule has 9 nitrogen and oxygen atoms in total. The third-order valence-electron chi connectivity index (χ3n) is 4.83. The highest BCUT2D eigenvalue weighted by Crippen LogP contribution is 2.36. The minimum absolute atomic E-state index is 0.176. The average Bonchev–Trinajstić information content (AvgIpc) is 3.49. The van der Waals surface area contributed by atoms with Gasteiger partial charge in [-0.3, -0.25) is 4.79 Å². The molecule has 0 aliphatic rings. The summed E-state index contributed by atoms with van der Waals surface area (Å²) in [6, 6.07) is 9.49. The van der Waals surface area contributed by atoms with Crippen LogP contribution in [0, 0.1) is 13.8 Å². The van der Waals surface area contributed by atoms with Crippen molar-refractivity contribution in [3.05, 3.63) is 64.1 Å². The van der Waals surface area contributed by atoms with Crippen LogP contribution < -0.4 is 5.32 Å². The number of amides is 1. The lowest BCUT2D eigenvalue weighted by Gasteiger charge is -2.08. The third kappa shape index (κ3) is 4.30. The quantitative estimate of drug-likeness (QED) is 0.409. The maximum atomic E-state index is 13.0. The largest absolute Gasteiger partial charge is 0.462 e. The third-order valence-corrected chi connectivity index (χ3v) is 6.38. The van der Waals surface area contributed by atoms with E-state index in [1.54, 1.807) is 18.5 Å². The lowest BCUT2D eigenvalue weighted by atomic mass is 10.0. The Morgan fingerprint density at radius 1 is 1.16 bits per heavy atom. The lowest BCUT2D eigenvalue weighted by Crippen LogP contribution is -2.16. The molecule has 164 valence electrons. The fourth-order valence-corrected chi connectivity index (χ4v) is 4.61. The molecular weight excluding hydrogens is 448 g/mol. The van der Waals surface area contributed by atoms with Crippen molar-refractivity contribution in [1.82, 2.24) is 23.7 Å². The Balaban J connectivity index is 1.62. The van der Waals surface area contributed by atoms with Gasteiger partial charge in [0.05, 0.1) is 42.0 Å². The van der Waals surface area contributed by atoms with E-state index in [-0.39, 0.29) is 12.3 Å². The minimum atomic E-state index is -0.491. The van der Waals surface area contributed by atoms with Gasteiger partial charge >= 0.3 is 5.97 Å². The molecule has 4 rings (SSSR count). The number of thiophene rings is 1. The SMILES string of the molecule is CCOC(=O)c1c(-c2ccccc2)csc1NC(=O)c1nnn(Cc2nsnc2C)c1C. The summed E-state index contributed by atoms with van der Waals surface area (Å²) in [6.07, 6.45) is 0. The van der Waals surface area contributed by atoms with Gasteiger partial charge < -0.3 is 10.1 Å². The van der Waals surface area contributed by atoms with E-state index >= 15 is 0 Å². The molecule has 0 bridgehead atoms. The van der Waals surface area contributed by atoms with E-state index in [0.29, 0.717) is 28.4 Å². The number of nitrogens with one attached hydrogen (secondary N) is 1. The molecule has 1 aromatic carbocycles. The average molecular weight is 469 g/mol. The van der Waals surface area contributed by atoms with Gasteiger partial charge in [0.2, 0.25) is 0 Å². The van der Waals surface area contributed by atoms with Gasteiger partial charge in [0.15, 0.2) is 5.69 Å². The normalized spacial score (nSPS) is 10.8. The Labute approximate surface area is 192 Å². The van der Waals surface area contributed by atoms with Gasteiger partial charge in [-0.2, -0.15) is 8.75 Å². The highest BCUT2D eigenvalue weighted by Gasteiger charge is 2.25. The number of aryl methyl sites for hydroxylation is 1. The van der Waals surface area contributed by atoms with Gasteiger partial charge in [-0.1, -0.05) is 35.5 Å². The van der Waals surface area contributed by atoms with Gasteiger partial charge in [-0.05, 0) is 26.3 Å². The van der Waals surface area contributed by atoms with E-state index < -0.39 is 11.9 Å². The molecule has 1 amide bonds. The molecular formula is C21H20N6O3S2. The van der Waals surface area contributed by atoms with Crippen LogP contribution in [-0.2, 0) is 11.3 Å². The van der Waals surface area contributed by atoms with Gasteiger partial charge in [-0.15, -0.1) is 16.4 Å².